The number of halogens is 2. The molecule has 0 spiro atoms. The average molecular weight is 327 g/mol. The number of benzene rings is 1. The highest BCUT2D eigenvalue weighted by atomic mass is 79.9. The van der Waals surface area contributed by atoms with Gasteiger partial charge < -0.3 is 15.6 Å². The Bertz CT molecular complexity index is 649. The zero-order chi connectivity index (χ0) is 14.0. The van der Waals surface area contributed by atoms with Crippen LogP contribution in [0, 0.1) is 5.82 Å². The van der Waals surface area contributed by atoms with Crippen LogP contribution in [0.1, 0.15) is 10.4 Å². The molecule has 2 rings (SSSR count). The fourth-order valence-corrected chi connectivity index (χ4v) is 1.69. The number of ether oxygens (including phenoxy) is 1. The van der Waals surface area contributed by atoms with Crippen LogP contribution in [0.25, 0.3) is 0 Å². The summed E-state index contributed by atoms with van der Waals surface area (Å²) in [6, 6.07) is 5.03. The topological polar surface area (TPSA) is 85.4 Å². The fourth-order valence-electron chi connectivity index (χ4n) is 1.36. The summed E-state index contributed by atoms with van der Waals surface area (Å²) < 4.78 is 18.9. The van der Waals surface area contributed by atoms with Crippen molar-refractivity contribution in [3.8, 4) is 11.6 Å². The van der Waals surface area contributed by atoms with Crippen LogP contribution in [0.15, 0.2) is 34.9 Å². The molecule has 0 unspecified atom stereocenters. The van der Waals surface area contributed by atoms with E-state index in [4.69, 9.17) is 15.6 Å². The van der Waals surface area contributed by atoms with Crippen molar-refractivity contribution in [2.24, 2.45) is 0 Å². The molecule has 0 saturated carbocycles. The van der Waals surface area contributed by atoms with Crippen molar-refractivity contribution in [2.75, 3.05) is 5.73 Å². The van der Waals surface area contributed by atoms with E-state index >= 15 is 0 Å². The molecule has 2 aromatic rings. The maximum Gasteiger partial charge on any atom is 0.341 e. The maximum absolute atomic E-state index is 13.1. The Morgan fingerprint density at radius 1 is 1.42 bits per heavy atom. The summed E-state index contributed by atoms with van der Waals surface area (Å²) in [6.45, 7) is 0. The Hall–Kier alpha value is -2.15. The van der Waals surface area contributed by atoms with Crippen LogP contribution in [0.4, 0.5) is 10.1 Å². The lowest BCUT2D eigenvalue weighted by Crippen LogP contribution is -2.03. The second-order valence-electron chi connectivity index (χ2n) is 3.60. The molecule has 0 atom stereocenters. The molecule has 1 aromatic carbocycles. The molecule has 1 heterocycles. The molecule has 0 saturated heterocycles. The first-order valence-electron chi connectivity index (χ1n) is 5.09. The van der Waals surface area contributed by atoms with Gasteiger partial charge in [0.2, 0.25) is 5.88 Å². The monoisotopic (exact) mass is 326 g/mol. The van der Waals surface area contributed by atoms with Crippen LogP contribution in [0.2, 0.25) is 0 Å². The summed E-state index contributed by atoms with van der Waals surface area (Å²) in [5, 5.41) is 9.03. The third-order valence-electron chi connectivity index (χ3n) is 2.20. The molecule has 1 aromatic heterocycles. The quantitative estimate of drug-likeness (QED) is 0.905. The van der Waals surface area contributed by atoms with E-state index in [9.17, 15) is 9.18 Å². The van der Waals surface area contributed by atoms with Gasteiger partial charge in [-0.05, 0) is 34.1 Å². The normalized spacial score (nSPS) is 10.2. The molecule has 0 aliphatic carbocycles. The molecule has 0 aliphatic rings. The first-order chi connectivity index (χ1) is 8.97. The number of hydrogen-bond donors (Lipinski definition) is 2. The first kappa shape index (κ1) is 13.3. The minimum atomic E-state index is -1.23. The lowest BCUT2D eigenvalue weighted by atomic mass is 10.2. The van der Waals surface area contributed by atoms with Gasteiger partial charge in [-0.15, -0.1) is 0 Å². The van der Waals surface area contributed by atoms with E-state index in [2.05, 4.69) is 20.9 Å². The second kappa shape index (κ2) is 5.23. The molecule has 3 N–H and O–H groups in total. The zero-order valence-corrected chi connectivity index (χ0v) is 11.0. The largest absolute Gasteiger partial charge is 0.477 e. The van der Waals surface area contributed by atoms with Crippen molar-refractivity contribution in [1.29, 1.82) is 0 Å². The molecule has 0 aliphatic heterocycles. The zero-order valence-electron chi connectivity index (χ0n) is 9.43. The van der Waals surface area contributed by atoms with Crippen molar-refractivity contribution in [3.05, 3.63) is 46.3 Å². The Morgan fingerprint density at radius 3 is 2.84 bits per heavy atom. The Balaban J connectivity index is 2.43. The van der Waals surface area contributed by atoms with Gasteiger partial charge in [-0.3, -0.25) is 0 Å². The number of aromatic nitrogens is 1. The first-order valence-corrected chi connectivity index (χ1v) is 5.88. The molecule has 0 amide bonds. The van der Waals surface area contributed by atoms with Crippen molar-refractivity contribution in [2.45, 2.75) is 0 Å². The van der Waals surface area contributed by atoms with Crippen LogP contribution >= 0.6 is 15.9 Å². The molecule has 0 bridgehead atoms. The van der Waals surface area contributed by atoms with Crippen LogP contribution in [0.3, 0.4) is 0 Å². The minimum Gasteiger partial charge on any atom is -0.477 e. The Morgan fingerprint density at radius 2 is 2.16 bits per heavy atom. The molecular weight excluding hydrogens is 319 g/mol. The minimum absolute atomic E-state index is 0.125. The number of hydrogen-bond acceptors (Lipinski definition) is 4. The van der Waals surface area contributed by atoms with Crippen LogP contribution in [-0.2, 0) is 0 Å². The molecule has 19 heavy (non-hydrogen) atoms. The van der Waals surface area contributed by atoms with Gasteiger partial charge in [0.25, 0.3) is 0 Å². The molecular formula is C12H8BrFN2O3. The Kier molecular flexibility index (Phi) is 3.66. The summed E-state index contributed by atoms with van der Waals surface area (Å²) in [4.78, 5) is 14.8. The van der Waals surface area contributed by atoms with Gasteiger partial charge in [-0.1, -0.05) is 0 Å². The number of nitrogens with zero attached hydrogens (tertiary/aromatic N) is 1. The lowest BCUT2D eigenvalue weighted by Gasteiger charge is -2.09. The number of nitrogens with two attached hydrogens (primary N) is 1. The second-order valence-corrected chi connectivity index (χ2v) is 4.46. The van der Waals surface area contributed by atoms with Gasteiger partial charge in [-0.2, -0.15) is 0 Å². The fraction of sp³-hybridized carbons (Fsp3) is 0. The number of nitrogen functional groups attached to an aromatic ring is 1. The summed E-state index contributed by atoms with van der Waals surface area (Å²) in [6.07, 6.45) is 1.26. The highest BCUT2D eigenvalue weighted by Gasteiger charge is 2.15. The number of pyridine rings is 1. The molecule has 7 heteroatoms. The predicted octanol–water partition coefficient (Wildman–Crippen LogP) is 3.06. The predicted molar refractivity (Wildman–Crippen MR) is 69.8 cm³/mol. The van der Waals surface area contributed by atoms with Crippen molar-refractivity contribution >= 4 is 27.6 Å². The third-order valence-corrected chi connectivity index (χ3v) is 2.86. The van der Waals surface area contributed by atoms with E-state index in [1.165, 1.54) is 24.4 Å². The summed E-state index contributed by atoms with van der Waals surface area (Å²) in [5.74, 6) is -1.78. The number of anilines is 1. The maximum atomic E-state index is 13.1. The highest BCUT2D eigenvalue weighted by Crippen LogP contribution is 2.31. The molecule has 0 radical (unpaired) electrons. The van der Waals surface area contributed by atoms with E-state index < -0.39 is 11.8 Å². The standard InChI is InChI=1S/C12H8BrFN2O3/c13-9-2-1-6(14)3-10(9)19-11-8(12(17)18)4-7(15)5-16-11/h1-5H,15H2,(H,17,18). The third kappa shape index (κ3) is 3.00. The van der Waals surface area contributed by atoms with Gasteiger partial charge in [0.1, 0.15) is 17.1 Å². The number of carboxylic acid groups (broad SMARTS) is 1. The number of aromatic carboxylic acids is 1. The van der Waals surface area contributed by atoms with E-state index in [-0.39, 0.29) is 22.9 Å². The van der Waals surface area contributed by atoms with E-state index in [0.29, 0.717) is 4.47 Å². The smallest absolute Gasteiger partial charge is 0.341 e. The number of rotatable bonds is 3. The van der Waals surface area contributed by atoms with Gasteiger partial charge in [-0.25, -0.2) is 14.2 Å². The summed E-state index contributed by atoms with van der Waals surface area (Å²) in [7, 11) is 0. The summed E-state index contributed by atoms with van der Waals surface area (Å²) in [5.41, 5.74) is 5.46. The molecule has 98 valence electrons. The number of carbonyl (C=O) groups is 1. The van der Waals surface area contributed by atoms with Crippen molar-refractivity contribution in [1.82, 2.24) is 4.98 Å². The van der Waals surface area contributed by atoms with E-state index in [1.54, 1.807) is 0 Å². The van der Waals surface area contributed by atoms with Crippen molar-refractivity contribution < 1.29 is 19.0 Å². The van der Waals surface area contributed by atoms with E-state index in [0.717, 1.165) is 6.07 Å². The molecule has 0 fully saturated rings. The Labute approximate surface area is 116 Å². The SMILES string of the molecule is Nc1cnc(Oc2cc(F)ccc2Br)c(C(=O)O)c1. The molecule has 5 nitrogen and oxygen atoms in total. The van der Waals surface area contributed by atoms with Crippen LogP contribution in [0.5, 0.6) is 11.6 Å². The van der Waals surface area contributed by atoms with Crippen LogP contribution < -0.4 is 10.5 Å². The van der Waals surface area contributed by atoms with E-state index in [1.807, 2.05) is 0 Å². The highest BCUT2D eigenvalue weighted by molar-refractivity contribution is 9.10. The lowest BCUT2D eigenvalue weighted by molar-refractivity contribution is 0.0693. The average Bonchev–Trinajstić information content (AvgIpc) is 2.35. The summed E-state index contributed by atoms with van der Waals surface area (Å²) >= 11 is 3.17. The van der Waals surface area contributed by atoms with Gasteiger partial charge >= 0.3 is 5.97 Å². The van der Waals surface area contributed by atoms with Crippen molar-refractivity contribution in [3.63, 3.8) is 0 Å². The van der Waals surface area contributed by atoms with Gasteiger partial charge in [0, 0.05) is 6.07 Å². The van der Waals surface area contributed by atoms with Gasteiger partial charge in [0.15, 0.2) is 0 Å². The van der Waals surface area contributed by atoms with Crippen LogP contribution in [-0.4, -0.2) is 16.1 Å². The number of carboxylic acids is 1. The van der Waals surface area contributed by atoms with Gasteiger partial charge in [0.05, 0.1) is 16.4 Å².